The van der Waals surface area contributed by atoms with Gasteiger partial charge in [-0.3, -0.25) is 15.0 Å². The lowest BCUT2D eigenvalue weighted by atomic mass is 10.2. The van der Waals surface area contributed by atoms with Gasteiger partial charge in [0.1, 0.15) is 6.33 Å². The number of nitrogens with zero attached hydrogens (tertiary/aromatic N) is 4. The zero-order valence-electron chi connectivity index (χ0n) is 15.8. The minimum Gasteiger partial charge on any atom is -0.454 e. The Kier molecular flexibility index (Phi) is 5.86. The van der Waals surface area contributed by atoms with Crippen molar-refractivity contribution in [2.24, 2.45) is 0 Å². The second-order valence-electron chi connectivity index (χ2n) is 6.60. The van der Waals surface area contributed by atoms with Crippen molar-refractivity contribution in [1.29, 1.82) is 0 Å². The molecule has 2 aliphatic heterocycles. The van der Waals surface area contributed by atoms with Crippen LogP contribution >= 0.6 is 0 Å². The first-order chi connectivity index (χ1) is 14.2. The summed E-state index contributed by atoms with van der Waals surface area (Å²) in [6.07, 6.45) is 1.31. The van der Waals surface area contributed by atoms with Crippen LogP contribution < -0.4 is 20.1 Å². The average Bonchev–Trinajstić information content (AvgIpc) is 3.21. The van der Waals surface area contributed by atoms with E-state index in [-0.39, 0.29) is 24.1 Å². The van der Waals surface area contributed by atoms with Crippen LogP contribution in [0.25, 0.3) is 0 Å². The molecular weight excluding hydrogens is 380 g/mol. The second-order valence-corrected chi connectivity index (χ2v) is 6.60. The molecule has 1 aromatic carbocycles. The minimum absolute atomic E-state index is 0.163. The van der Waals surface area contributed by atoms with Gasteiger partial charge < -0.3 is 24.8 Å². The Hall–Kier alpha value is -3.18. The van der Waals surface area contributed by atoms with Gasteiger partial charge in [-0.2, -0.15) is 0 Å². The summed E-state index contributed by atoms with van der Waals surface area (Å²) in [5.74, 6) is 1.71. The molecule has 4 rings (SSSR count). The molecule has 1 fully saturated rings. The van der Waals surface area contributed by atoms with Crippen molar-refractivity contribution in [1.82, 2.24) is 14.9 Å². The number of hydrogen-bond acceptors (Lipinski definition) is 10. The van der Waals surface area contributed by atoms with Gasteiger partial charge >= 0.3 is 5.69 Å². The number of rotatable bonds is 8. The smallest absolute Gasteiger partial charge is 0.353 e. The molecule has 0 saturated carbocycles. The molecule has 2 aromatic rings. The van der Waals surface area contributed by atoms with Gasteiger partial charge in [0, 0.05) is 32.7 Å². The van der Waals surface area contributed by atoms with E-state index in [0.717, 1.165) is 25.2 Å². The Morgan fingerprint density at radius 3 is 2.66 bits per heavy atom. The monoisotopic (exact) mass is 402 g/mol. The first kappa shape index (κ1) is 19.2. The predicted molar refractivity (Wildman–Crippen MR) is 104 cm³/mol. The predicted octanol–water partition coefficient (Wildman–Crippen LogP) is 1.47. The third-order valence-corrected chi connectivity index (χ3v) is 4.73. The standard InChI is InChI=1S/C18H22N6O5/c25-24(26)16-17(19-3-4-23-5-7-27-8-6-23)21-11-22-18(16)20-10-13-1-2-14-15(9-13)29-12-28-14/h1-2,9,11H,3-8,10,12H2,(H2,19,20,21,22). The van der Waals surface area contributed by atoms with Crippen molar-refractivity contribution in [2.45, 2.75) is 6.54 Å². The van der Waals surface area contributed by atoms with E-state index >= 15 is 0 Å². The number of benzene rings is 1. The van der Waals surface area contributed by atoms with E-state index in [2.05, 4.69) is 25.5 Å². The fourth-order valence-electron chi connectivity index (χ4n) is 3.20. The fraction of sp³-hybridized carbons (Fsp3) is 0.444. The second kappa shape index (κ2) is 8.88. The molecular formula is C18H22N6O5. The van der Waals surface area contributed by atoms with Gasteiger partial charge in [-0.15, -0.1) is 0 Å². The van der Waals surface area contributed by atoms with Gasteiger partial charge in [-0.1, -0.05) is 6.07 Å². The van der Waals surface area contributed by atoms with Gasteiger partial charge in [-0.25, -0.2) is 9.97 Å². The summed E-state index contributed by atoms with van der Waals surface area (Å²) in [6, 6.07) is 5.52. The maximum atomic E-state index is 11.7. The largest absolute Gasteiger partial charge is 0.454 e. The number of fused-ring (bicyclic) bond motifs is 1. The molecule has 1 saturated heterocycles. The van der Waals surface area contributed by atoms with E-state index in [1.54, 1.807) is 0 Å². The molecule has 0 bridgehead atoms. The summed E-state index contributed by atoms with van der Waals surface area (Å²) in [5.41, 5.74) is 0.721. The first-order valence-electron chi connectivity index (χ1n) is 9.36. The van der Waals surface area contributed by atoms with Crippen LogP contribution in [-0.4, -0.2) is 66.0 Å². The van der Waals surface area contributed by atoms with Crippen molar-refractivity contribution >= 4 is 17.3 Å². The molecule has 0 amide bonds. The molecule has 0 spiro atoms. The summed E-state index contributed by atoms with van der Waals surface area (Å²) in [6.45, 7) is 4.98. The molecule has 0 aliphatic carbocycles. The van der Waals surface area contributed by atoms with E-state index in [4.69, 9.17) is 14.2 Å². The van der Waals surface area contributed by atoms with Crippen molar-refractivity contribution in [2.75, 3.05) is 56.8 Å². The van der Waals surface area contributed by atoms with Crippen LogP contribution in [0.3, 0.4) is 0 Å². The van der Waals surface area contributed by atoms with Crippen molar-refractivity contribution in [3.8, 4) is 11.5 Å². The highest BCUT2D eigenvalue weighted by molar-refractivity contribution is 5.69. The lowest BCUT2D eigenvalue weighted by molar-refractivity contribution is -0.383. The van der Waals surface area contributed by atoms with E-state index < -0.39 is 4.92 Å². The van der Waals surface area contributed by atoms with E-state index in [1.807, 2.05) is 18.2 Å². The molecule has 0 unspecified atom stereocenters. The molecule has 2 aliphatic rings. The first-order valence-corrected chi connectivity index (χ1v) is 9.36. The van der Waals surface area contributed by atoms with Gasteiger partial charge in [0.05, 0.1) is 18.1 Å². The molecule has 29 heavy (non-hydrogen) atoms. The molecule has 0 radical (unpaired) electrons. The van der Waals surface area contributed by atoms with E-state index in [9.17, 15) is 10.1 Å². The Morgan fingerprint density at radius 2 is 1.86 bits per heavy atom. The van der Waals surface area contributed by atoms with Gasteiger partial charge in [0.2, 0.25) is 18.4 Å². The molecule has 11 nitrogen and oxygen atoms in total. The van der Waals surface area contributed by atoms with Crippen molar-refractivity contribution in [3.63, 3.8) is 0 Å². The number of hydrogen-bond donors (Lipinski definition) is 2. The van der Waals surface area contributed by atoms with Gasteiger partial charge in [-0.05, 0) is 17.7 Å². The van der Waals surface area contributed by atoms with Crippen LogP contribution in [0.2, 0.25) is 0 Å². The highest BCUT2D eigenvalue weighted by atomic mass is 16.7. The normalized spacial score (nSPS) is 15.9. The van der Waals surface area contributed by atoms with Crippen LogP contribution in [-0.2, 0) is 11.3 Å². The minimum atomic E-state index is -0.473. The summed E-state index contributed by atoms with van der Waals surface area (Å²) in [7, 11) is 0. The topological polar surface area (TPSA) is 124 Å². The van der Waals surface area contributed by atoms with E-state index in [1.165, 1.54) is 6.33 Å². The quantitative estimate of drug-likeness (QED) is 0.495. The maximum Gasteiger partial charge on any atom is 0.353 e. The number of nitro groups is 1. The van der Waals surface area contributed by atoms with Gasteiger partial charge in [0.25, 0.3) is 0 Å². The van der Waals surface area contributed by atoms with Crippen LogP contribution in [0.1, 0.15) is 5.56 Å². The molecule has 0 atom stereocenters. The number of nitrogens with one attached hydrogen (secondary N) is 2. The van der Waals surface area contributed by atoms with Crippen LogP contribution in [0, 0.1) is 10.1 Å². The Morgan fingerprint density at radius 1 is 1.10 bits per heavy atom. The fourth-order valence-corrected chi connectivity index (χ4v) is 3.20. The summed E-state index contributed by atoms with van der Waals surface area (Å²) in [5, 5.41) is 17.7. The number of ether oxygens (including phenoxy) is 3. The third kappa shape index (κ3) is 4.63. The van der Waals surface area contributed by atoms with Crippen molar-refractivity contribution in [3.05, 3.63) is 40.2 Å². The lowest BCUT2D eigenvalue weighted by Gasteiger charge is -2.26. The molecule has 2 N–H and O–H groups in total. The zero-order chi connectivity index (χ0) is 20.1. The van der Waals surface area contributed by atoms with E-state index in [0.29, 0.717) is 37.8 Å². The molecule has 154 valence electrons. The highest BCUT2D eigenvalue weighted by Crippen LogP contribution is 2.33. The third-order valence-electron chi connectivity index (χ3n) is 4.73. The van der Waals surface area contributed by atoms with Gasteiger partial charge in [0.15, 0.2) is 11.5 Å². The van der Waals surface area contributed by atoms with Crippen molar-refractivity contribution < 1.29 is 19.1 Å². The zero-order valence-corrected chi connectivity index (χ0v) is 15.8. The summed E-state index contributed by atoms with van der Waals surface area (Å²) in [4.78, 5) is 21.5. The van der Waals surface area contributed by atoms with Crippen LogP contribution in [0.5, 0.6) is 11.5 Å². The number of morpholine rings is 1. The number of aromatic nitrogens is 2. The van der Waals surface area contributed by atoms with Crippen LogP contribution in [0.4, 0.5) is 17.3 Å². The average molecular weight is 402 g/mol. The Balaban J connectivity index is 1.41. The molecule has 1 aromatic heterocycles. The Labute approximate surface area is 167 Å². The Bertz CT molecular complexity index is 874. The van der Waals surface area contributed by atoms with Crippen LogP contribution in [0.15, 0.2) is 24.5 Å². The number of anilines is 2. The summed E-state index contributed by atoms with van der Waals surface area (Å²) >= 11 is 0. The SMILES string of the molecule is O=[N+]([O-])c1c(NCCN2CCOCC2)ncnc1NCc1ccc2c(c1)OCO2. The summed E-state index contributed by atoms with van der Waals surface area (Å²) < 4.78 is 16.0. The maximum absolute atomic E-state index is 11.7. The lowest BCUT2D eigenvalue weighted by Crippen LogP contribution is -2.39. The molecule has 3 heterocycles. The molecule has 11 heteroatoms. The highest BCUT2D eigenvalue weighted by Gasteiger charge is 2.23.